The second-order valence-electron chi connectivity index (χ2n) is 4.98. The third-order valence-corrected chi connectivity index (χ3v) is 3.42. The molecule has 0 saturated heterocycles. The number of nitrogens with zero attached hydrogens (tertiary/aromatic N) is 1. The molecule has 102 valence electrons. The van der Waals surface area contributed by atoms with Crippen LogP contribution in [0.25, 0.3) is 33.5 Å². The molecular weight excluding hydrogens is 266 g/mol. The maximum atomic E-state index is 12.1. The standard InChI is InChI=1S/C17H11NO3/c1-10-6-7-13-12(8-10)17(19)21-16(18-13)15-9-11-4-2-3-5-14(11)20-15/h2-9H,1H3. The van der Waals surface area contributed by atoms with Gasteiger partial charge in [-0.15, -0.1) is 0 Å². The van der Waals surface area contributed by atoms with Gasteiger partial charge in [-0.05, 0) is 31.2 Å². The highest BCUT2D eigenvalue weighted by Crippen LogP contribution is 2.26. The van der Waals surface area contributed by atoms with Gasteiger partial charge in [0.1, 0.15) is 5.58 Å². The quantitative estimate of drug-likeness (QED) is 0.529. The maximum Gasteiger partial charge on any atom is 0.347 e. The number of fused-ring (bicyclic) bond motifs is 2. The average molecular weight is 277 g/mol. The molecule has 0 N–H and O–H groups in total. The van der Waals surface area contributed by atoms with Gasteiger partial charge in [-0.2, -0.15) is 0 Å². The van der Waals surface area contributed by atoms with Crippen molar-refractivity contribution in [2.24, 2.45) is 0 Å². The summed E-state index contributed by atoms with van der Waals surface area (Å²) in [5.74, 6) is 0.656. The number of hydrogen-bond donors (Lipinski definition) is 0. The van der Waals surface area contributed by atoms with Crippen molar-refractivity contribution in [3.8, 4) is 11.7 Å². The fraction of sp³-hybridized carbons (Fsp3) is 0.0588. The summed E-state index contributed by atoms with van der Waals surface area (Å²) < 4.78 is 11.0. The van der Waals surface area contributed by atoms with E-state index in [0.29, 0.717) is 16.7 Å². The summed E-state index contributed by atoms with van der Waals surface area (Å²) in [6.45, 7) is 1.92. The number of benzene rings is 2. The minimum atomic E-state index is -0.404. The van der Waals surface area contributed by atoms with E-state index in [1.807, 2.05) is 49.4 Å². The molecule has 2 aromatic carbocycles. The first kappa shape index (κ1) is 11.9. The number of rotatable bonds is 1. The van der Waals surface area contributed by atoms with E-state index in [1.54, 1.807) is 6.07 Å². The molecule has 4 nitrogen and oxygen atoms in total. The first-order valence-electron chi connectivity index (χ1n) is 6.61. The van der Waals surface area contributed by atoms with Crippen LogP contribution in [0.5, 0.6) is 0 Å². The van der Waals surface area contributed by atoms with Crippen LogP contribution in [0, 0.1) is 6.92 Å². The van der Waals surface area contributed by atoms with Crippen LogP contribution < -0.4 is 5.63 Å². The van der Waals surface area contributed by atoms with Gasteiger partial charge in [-0.3, -0.25) is 0 Å². The molecule has 0 aliphatic carbocycles. The Bertz CT molecular complexity index is 994. The van der Waals surface area contributed by atoms with Crippen LogP contribution in [0.2, 0.25) is 0 Å². The van der Waals surface area contributed by atoms with E-state index >= 15 is 0 Å². The highest BCUT2D eigenvalue weighted by molar-refractivity contribution is 5.83. The Morgan fingerprint density at radius 1 is 1.00 bits per heavy atom. The van der Waals surface area contributed by atoms with E-state index in [2.05, 4.69) is 4.98 Å². The summed E-state index contributed by atoms with van der Waals surface area (Å²) in [5, 5.41) is 1.43. The van der Waals surface area contributed by atoms with Gasteiger partial charge in [0.05, 0.1) is 10.9 Å². The number of aromatic nitrogens is 1. The SMILES string of the molecule is Cc1ccc2nc(-c3cc4ccccc4o3)oc(=O)c2c1. The lowest BCUT2D eigenvalue weighted by atomic mass is 10.2. The topological polar surface area (TPSA) is 56.2 Å². The fourth-order valence-corrected chi connectivity index (χ4v) is 2.38. The van der Waals surface area contributed by atoms with Crippen molar-refractivity contribution in [3.63, 3.8) is 0 Å². The first-order chi connectivity index (χ1) is 10.2. The Kier molecular flexibility index (Phi) is 2.44. The van der Waals surface area contributed by atoms with Gasteiger partial charge in [0.2, 0.25) is 0 Å². The van der Waals surface area contributed by atoms with E-state index in [-0.39, 0.29) is 5.89 Å². The van der Waals surface area contributed by atoms with Crippen molar-refractivity contribution < 1.29 is 8.83 Å². The zero-order valence-corrected chi connectivity index (χ0v) is 11.3. The molecule has 0 amide bonds. The normalized spacial score (nSPS) is 11.3. The van der Waals surface area contributed by atoms with Crippen LogP contribution in [0.4, 0.5) is 0 Å². The largest absolute Gasteiger partial charge is 0.451 e. The lowest BCUT2D eigenvalue weighted by molar-refractivity contribution is 0.491. The molecule has 0 spiro atoms. The second kappa shape index (κ2) is 4.31. The summed E-state index contributed by atoms with van der Waals surface area (Å²) >= 11 is 0. The zero-order chi connectivity index (χ0) is 14.4. The van der Waals surface area contributed by atoms with E-state index in [4.69, 9.17) is 8.83 Å². The molecule has 0 aliphatic rings. The van der Waals surface area contributed by atoms with Gasteiger partial charge in [-0.1, -0.05) is 29.8 Å². The summed E-state index contributed by atoms with van der Waals surface area (Å²) in [6, 6.07) is 14.9. The van der Waals surface area contributed by atoms with Crippen molar-refractivity contribution in [2.45, 2.75) is 6.92 Å². The third kappa shape index (κ3) is 1.92. The molecule has 0 saturated carbocycles. The minimum Gasteiger partial charge on any atom is -0.451 e. The van der Waals surface area contributed by atoms with Gasteiger partial charge < -0.3 is 8.83 Å². The van der Waals surface area contributed by atoms with E-state index in [9.17, 15) is 4.79 Å². The molecule has 4 heteroatoms. The zero-order valence-electron chi connectivity index (χ0n) is 11.3. The lowest BCUT2D eigenvalue weighted by Gasteiger charge is -1.99. The van der Waals surface area contributed by atoms with Crippen LogP contribution in [0.1, 0.15) is 5.56 Å². The summed E-state index contributed by atoms with van der Waals surface area (Å²) in [7, 11) is 0. The molecule has 0 radical (unpaired) electrons. The lowest BCUT2D eigenvalue weighted by Crippen LogP contribution is -2.02. The van der Waals surface area contributed by atoms with Gasteiger partial charge >= 0.3 is 5.63 Å². The van der Waals surface area contributed by atoms with Crippen molar-refractivity contribution in [1.82, 2.24) is 4.98 Å². The van der Waals surface area contributed by atoms with Crippen molar-refractivity contribution in [1.29, 1.82) is 0 Å². The van der Waals surface area contributed by atoms with Crippen LogP contribution in [-0.2, 0) is 0 Å². The molecule has 0 unspecified atom stereocenters. The average Bonchev–Trinajstić information content (AvgIpc) is 2.92. The maximum absolute atomic E-state index is 12.1. The smallest absolute Gasteiger partial charge is 0.347 e. The van der Waals surface area contributed by atoms with Crippen molar-refractivity contribution >= 4 is 21.9 Å². The van der Waals surface area contributed by atoms with Crippen LogP contribution in [0.3, 0.4) is 0 Å². The van der Waals surface area contributed by atoms with Crippen LogP contribution in [-0.4, -0.2) is 4.98 Å². The number of aryl methyl sites for hydroxylation is 1. The molecular formula is C17H11NO3. The number of furan rings is 1. The number of hydrogen-bond acceptors (Lipinski definition) is 4. The number of para-hydroxylation sites is 1. The summed E-state index contributed by atoms with van der Waals surface area (Å²) in [4.78, 5) is 16.5. The predicted molar refractivity (Wildman–Crippen MR) is 80.2 cm³/mol. The molecule has 4 rings (SSSR count). The monoisotopic (exact) mass is 277 g/mol. The molecule has 2 heterocycles. The Morgan fingerprint density at radius 2 is 1.86 bits per heavy atom. The van der Waals surface area contributed by atoms with Crippen molar-refractivity contribution in [3.05, 3.63) is 64.5 Å². The van der Waals surface area contributed by atoms with E-state index in [1.165, 1.54) is 0 Å². The van der Waals surface area contributed by atoms with Crippen LogP contribution in [0.15, 0.2) is 62.2 Å². The molecule has 0 aliphatic heterocycles. The Hall–Kier alpha value is -2.88. The molecule has 0 atom stereocenters. The van der Waals surface area contributed by atoms with Gasteiger partial charge in [0.25, 0.3) is 5.89 Å². The van der Waals surface area contributed by atoms with Gasteiger partial charge in [-0.25, -0.2) is 9.78 Å². The van der Waals surface area contributed by atoms with Crippen molar-refractivity contribution in [2.75, 3.05) is 0 Å². The highest BCUT2D eigenvalue weighted by Gasteiger charge is 2.13. The molecule has 4 aromatic rings. The van der Waals surface area contributed by atoms with Gasteiger partial charge in [0, 0.05) is 5.39 Å². The highest BCUT2D eigenvalue weighted by atomic mass is 16.4. The van der Waals surface area contributed by atoms with Gasteiger partial charge in [0.15, 0.2) is 5.76 Å². The summed E-state index contributed by atoms with van der Waals surface area (Å²) in [5.41, 5.74) is 1.93. The molecule has 21 heavy (non-hydrogen) atoms. The Labute approximate surface area is 119 Å². The minimum absolute atomic E-state index is 0.201. The summed E-state index contributed by atoms with van der Waals surface area (Å²) in [6.07, 6.45) is 0. The predicted octanol–water partition coefficient (Wildman–Crippen LogP) is 3.91. The fourth-order valence-electron chi connectivity index (χ4n) is 2.38. The Morgan fingerprint density at radius 3 is 2.71 bits per heavy atom. The van der Waals surface area contributed by atoms with E-state index < -0.39 is 5.63 Å². The first-order valence-corrected chi connectivity index (χ1v) is 6.61. The molecule has 2 aromatic heterocycles. The van der Waals surface area contributed by atoms with E-state index in [0.717, 1.165) is 16.5 Å². The molecule has 0 bridgehead atoms. The second-order valence-corrected chi connectivity index (χ2v) is 4.98. The Balaban J connectivity index is 1.98. The third-order valence-electron chi connectivity index (χ3n) is 3.42. The van der Waals surface area contributed by atoms with Crippen LogP contribution >= 0.6 is 0 Å². The molecule has 0 fully saturated rings.